The van der Waals surface area contributed by atoms with E-state index in [0.717, 1.165) is 23.9 Å². The number of rotatable bonds is 2. The Balaban J connectivity index is 2.37. The van der Waals surface area contributed by atoms with Crippen LogP contribution in [0.4, 0.5) is 4.79 Å². The molecular weight excluding hydrogens is 281 g/mol. The van der Waals surface area contributed by atoms with Crippen LogP contribution in [0.5, 0.6) is 0 Å². The van der Waals surface area contributed by atoms with Gasteiger partial charge in [-0.05, 0) is 25.7 Å². The van der Waals surface area contributed by atoms with Crippen LogP contribution in [0.25, 0.3) is 0 Å². The quantitative estimate of drug-likeness (QED) is 0.578. The van der Waals surface area contributed by atoms with Gasteiger partial charge < -0.3 is 9.64 Å². The molecule has 76 valence electrons. The number of hydrogen-bond donors (Lipinski definition) is 0. The maximum absolute atomic E-state index is 11.4. The topological polar surface area (TPSA) is 29.5 Å². The zero-order valence-electron chi connectivity index (χ0n) is 7.96. The van der Waals surface area contributed by atoms with Gasteiger partial charge in [0.15, 0.2) is 0 Å². The van der Waals surface area contributed by atoms with E-state index < -0.39 is 0 Å². The second-order valence-electron chi connectivity index (χ2n) is 3.31. The zero-order valence-corrected chi connectivity index (χ0v) is 10.1. The highest BCUT2D eigenvalue weighted by molar-refractivity contribution is 14.1. The minimum atomic E-state index is -0.142. The van der Waals surface area contributed by atoms with Crippen LogP contribution in [0.3, 0.4) is 0 Å². The van der Waals surface area contributed by atoms with E-state index in [-0.39, 0.29) is 6.09 Å². The number of hydrogen-bond acceptors (Lipinski definition) is 2. The van der Waals surface area contributed by atoms with E-state index in [2.05, 4.69) is 22.6 Å². The number of amides is 1. The second kappa shape index (κ2) is 5.67. The van der Waals surface area contributed by atoms with E-state index >= 15 is 0 Å². The monoisotopic (exact) mass is 297 g/mol. The lowest BCUT2D eigenvalue weighted by Gasteiger charge is -2.30. The molecule has 0 aromatic rings. The van der Waals surface area contributed by atoms with Crippen molar-refractivity contribution in [1.29, 1.82) is 0 Å². The molecule has 1 saturated heterocycles. The Bertz CT molecular complexity index is 175. The van der Waals surface area contributed by atoms with Gasteiger partial charge >= 0.3 is 6.09 Å². The van der Waals surface area contributed by atoms with Gasteiger partial charge in [0.25, 0.3) is 0 Å². The molecule has 4 heteroatoms. The third-order valence-electron chi connectivity index (χ3n) is 2.26. The first kappa shape index (κ1) is 11.1. The largest absolute Gasteiger partial charge is 0.450 e. The van der Waals surface area contributed by atoms with Crippen LogP contribution in [0.1, 0.15) is 19.8 Å². The van der Waals surface area contributed by atoms with Crippen molar-refractivity contribution in [3.63, 3.8) is 0 Å². The van der Waals surface area contributed by atoms with Crippen molar-refractivity contribution in [2.24, 2.45) is 5.92 Å². The van der Waals surface area contributed by atoms with Crippen LogP contribution < -0.4 is 0 Å². The maximum atomic E-state index is 11.4. The van der Waals surface area contributed by atoms with Gasteiger partial charge in [-0.25, -0.2) is 4.79 Å². The van der Waals surface area contributed by atoms with Crippen LogP contribution in [-0.4, -0.2) is 35.1 Å². The Morgan fingerprint density at radius 2 is 2.46 bits per heavy atom. The van der Waals surface area contributed by atoms with Gasteiger partial charge in [-0.2, -0.15) is 0 Å². The SMILES string of the molecule is CCOC(=O)N1CCCC(CI)C1. The summed E-state index contributed by atoms with van der Waals surface area (Å²) in [5.74, 6) is 0.666. The molecule has 1 heterocycles. The van der Waals surface area contributed by atoms with E-state index in [1.54, 1.807) is 0 Å². The van der Waals surface area contributed by atoms with Crippen LogP contribution in [0, 0.1) is 5.92 Å². The molecule has 0 radical (unpaired) electrons. The van der Waals surface area contributed by atoms with Gasteiger partial charge in [-0.15, -0.1) is 0 Å². The van der Waals surface area contributed by atoms with E-state index in [1.165, 1.54) is 6.42 Å². The van der Waals surface area contributed by atoms with Gasteiger partial charge in [0.05, 0.1) is 6.61 Å². The third-order valence-corrected chi connectivity index (χ3v) is 3.51. The summed E-state index contributed by atoms with van der Waals surface area (Å²) in [5, 5.41) is 0. The summed E-state index contributed by atoms with van der Waals surface area (Å²) in [7, 11) is 0. The Labute approximate surface area is 92.9 Å². The Kier molecular flexibility index (Phi) is 4.83. The highest BCUT2D eigenvalue weighted by atomic mass is 127. The van der Waals surface area contributed by atoms with E-state index in [0.29, 0.717) is 12.5 Å². The number of ether oxygens (including phenoxy) is 1. The smallest absolute Gasteiger partial charge is 0.409 e. The molecule has 1 rings (SSSR count). The van der Waals surface area contributed by atoms with Crippen molar-refractivity contribution in [1.82, 2.24) is 4.90 Å². The normalized spacial score (nSPS) is 22.9. The summed E-state index contributed by atoms with van der Waals surface area (Å²) in [6, 6.07) is 0. The lowest BCUT2D eigenvalue weighted by atomic mass is 10.0. The molecule has 0 spiro atoms. The zero-order chi connectivity index (χ0) is 9.68. The number of halogens is 1. The van der Waals surface area contributed by atoms with Crippen molar-refractivity contribution < 1.29 is 9.53 Å². The van der Waals surface area contributed by atoms with Crippen molar-refractivity contribution in [3.05, 3.63) is 0 Å². The number of nitrogens with zero attached hydrogens (tertiary/aromatic N) is 1. The predicted octanol–water partition coefficient (Wildman–Crippen LogP) is 2.29. The number of piperidine rings is 1. The minimum absolute atomic E-state index is 0.142. The van der Waals surface area contributed by atoms with Crippen molar-refractivity contribution in [2.75, 3.05) is 24.1 Å². The highest BCUT2D eigenvalue weighted by Crippen LogP contribution is 2.18. The van der Waals surface area contributed by atoms with Gasteiger partial charge in [-0.1, -0.05) is 22.6 Å². The van der Waals surface area contributed by atoms with Gasteiger partial charge in [0, 0.05) is 17.5 Å². The maximum Gasteiger partial charge on any atom is 0.409 e. The average Bonchev–Trinajstić information content (AvgIpc) is 2.18. The summed E-state index contributed by atoms with van der Waals surface area (Å²) < 4.78 is 6.09. The lowest BCUT2D eigenvalue weighted by Crippen LogP contribution is -2.40. The molecule has 13 heavy (non-hydrogen) atoms. The van der Waals surface area contributed by atoms with Crippen LogP contribution in [0.2, 0.25) is 0 Å². The summed E-state index contributed by atoms with van der Waals surface area (Å²) in [6.45, 7) is 4.07. The summed E-state index contributed by atoms with van der Waals surface area (Å²) >= 11 is 2.38. The first-order valence-corrected chi connectivity index (χ1v) is 6.28. The Morgan fingerprint density at radius 3 is 3.08 bits per heavy atom. The molecule has 0 bridgehead atoms. The van der Waals surface area contributed by atoms with Gasteiger partial charge in [0.2, 0.25) is 0 Å². The van der Waals surface area contributed by atoms with E-state index in [9.17, 15) is 4.79 Å². The summed E-state index contributed by atoms with van der Waals surface area (Å²) in [4.78, 5) is 13.2. The highest BCUT2D eigenvalue weighted by Gasteiger charge is 2.23. The molecule has 1 aliphatic heterocycles. The number of carbonyl (C=O) groups is 1. The molecule has 0 aromatic carbocycles. The molecule has 0 saturated carbocycles. The number of likely N-dealkylation sites (tertiary alicyclic amines) is 1. The van der Waals surface area contributed by atoms with Crippen LogP contribution in [-0.2, 0) is 4.74 Å². The van der Waals surface area contributed by atoms with E-state index in [1.807, 2.05) is 11.8 Å². The fourth-order valence-electron chi connectivity index (χ4n) is 1.57. The average molecular weight is 297 g/mol. The fraction of sp³-hybridized carbons (Fsp3) is 0.889. The minimum Gasteiger partial charge on any atom is -0.450 e. The molecule has 1 atom stereocenters. The van der Waals surface area contributed by atoms with Crippen molar-refractivity contribution >= 4 is 28.7 Å². The fourth-order valence-corrected chi connectivity index (χ4v) is 2.29. The molecule has 1 aliphatic rings. The first-order chi connectivity index (χ1) is 6.27. The first-order valence-electron chi connectivity index (χ1n) is 4.75. The molecule has 1 fully saturated rings. The molecule has 1 amide bonds. The van der Waals surface area contributed by atoms with Crippen LogP contribution in [0.15, 0.2) is 0 Å². The summed E-state index contributed by atoms with van der Waals surface area (Å²) in [6.07, 6.45) is 2.22. The van der Waals surface area contributed by atoms with E-state index in [4.69, 9.17) is 4.74 Å². The third kappa shape index (κ3) is 3.32. The second-order valence-corrected chi connectivity index (χ2v) is 4.19. The molecule has 0 N–H and O–H groups in total. The molecule has 3 nitrogen and oxygen atoms in total. The van der Waals surface area contributed by atoms with Gasteiger partial charge in [0.1, 0.15) is 0 Å². The Hall–Kier alpha value is 0. The van der Waals surface area contributed by atoms with Crippen molar-refractivity contribution in [2.45, 2.75) is 19.8 Å². The molecule has 0 aromatic heterocycles. The van der Waals surface area contributed by atoms with Gasteiger partial charge in [-0.3, -0.25) is 0 Å². The van der Waals surface area contributed by atoms with Crippen molar-refractivity contribution in [3.8, 4) is 0 Å². The predicted molar refractivity (Wildman–Crippen MR) is 60.2 cm³/mol. The molecule has 1 unspecified atom stereocenters. The standard InChI is InChI=1S/C9H16INO2/c1-2-13-9(12)11-5-3-4-8(6-10)7-11/h8H,2-7H2,1H3. The molecular formula is C9H16INO2. The Morgan fingerprint density at radius 1 is 1.69 bits per heavy atom. The number of alkyl halides is 1. The number of carbonyl (C=O) groups excluding carboxylic acids is 1. The lowest BCUT2D eigenvalue weighted by molar-refractivity contribution is 0.0913. The summed E-state index contributed by atoms with van der Waals surface area (Å²) in [5.41, 5.74) is 0. The van der Waals surface area contributed by atoms with Crippen LogP contribution >= 0.6 is 22.6 Å². The molecule has 0 aliphatic carbocycles.